The molecular weight excluding hydrogens is 384 g/mol. The summed E-state index contributed by atoms with van der Waals surface area (Å²) in [6.45, 7) is 9.17. The molecule has 6 nitrogen and oxygen atoms in total. The number of rotatable bonds is 6. The van der Waals surface area contributed by atoms with Crippen molar-refractivity contribution in [2.75, 3.05) is 49.1 Å². The van der Waals surface area contributed by atoms with Gasteiger partial charge in [-0.15, -0.1) is 11.3 Å². The lowest BCUT2D eigenvalue weighted by Crippen LogP contribution is -2.47. The van der Waals surface area contributed by atoms with Gasteiger partial charge in [-0.2, -0.15) is 0 Å². The van der Waals surface area contributed by atoms with E-state index in [4.69, 9.17) is 0 Å². The summed E-state index contributed by atoms with van der Waals surface area (Å²) in [6, 6.07) is 6.09. The second-order valence-electron chi connectivity index (χ2n) is 8.06. The van der Waals surface area contributed by atoms with Gasteiger partial charge in [0.15, 0.2) is 5.13 Å². The van der Waals surface area contributed by atoms with E-state index in [1.54, 1.807) is 11.3 Å². The van der Waals surface area contributed by atoms with Crippen molar-refractivity contribution in [3.8, 4) is 0 Å². The van der Waals surface area contributed by atoms with E-state index < -0.39 is 6.10 Å². The Hall–Kier alpha value is -1.96. The summed E-state index contributed by atoms with van der Waals surface area (Å²) in [6.07, 6.45) is 3.06. The molecule has 1 saturated heterocycles. The smallest absolute Gasteiger partial charge is 0.229 e. The Morgan fingerprint density at radius 1 is 1.24 bits per heavy atom. The number of carbonyl (C=O) groups is 1. The first-order valence-corrected chi connectivity index (χ1v) is 11.4. The summed E-state index contributed by atoms with van der Waals surface area (Å²) < 4.78 is 0. The lowest BCUT2D eigenvalue weighted by atomic mass is 10.0. The van der Waals surface area contributed by atoms with Gasteiger partial charge in [-0.05, 0) is 30.0 Å². The standard InChI is InChI=1S/C22H30N4O2S/c1-3-16(2)21(28)26-8-6-17-14-18(4-5-19(17)26)20(27)15-24-9-11-25(12-10-24)22-23-7-13-29-22/h4-5,7,13-14,16,20,27H,3,6,8-12,15H2,1-2H3/t16-,20+/m0/s1. The SMILES string of the molecule is CC[C@H](C)C(=O)N1CCc2cc([C@H](O)CN3CCN(c4nccs4)CC3)ccc21. The van der Waals surface area contributed by atoms with Crippen molar-refractivity contribution in [1.29, 1.82) is 0 Å². The molecule has 1 aromatic heterocycles. The number of benzene rings is 1. The summed E-state index contributed by atoms with van der Waals surface area (Å²) in [5, 5.41) is 13.9. The zero-order valence-corrected chi connectivity index (χ0v) is 18.1. The van der Waals surface area contributed by atoms with Crippen LogP contribution in [0.25, 0.3) is 0 Å². The molecule has 7 heteroatoms. The van der Waals surface area contributed by atoms with Crippen LogP contribution in [0.5, 0.6) is 0 Å². The number of carbonyl (C=O) groups excluding carboxylic acids is 1. The molecule has 1 aromatic carbocycles. The molecule has 0 unspecified atom stereocenters. The maximum absolute atomic E-state index is 12.6. The van der Waals surface area contributed by atoms with E-state index in [2.05, 4.69) is 27.8 Å². The molecule has 2 atom stereocenters. The van der Waals surface area contributed by atoms with Crippen LogP contribution in [0.2, 0.25) is 0 Å². The van der Waals surface area contributed by atoms with Gasteiger partial charge in [0.2, 0.25) is 5.91 Å². The molecule has 4 rings (SSSR count). The lowest BCUT2D eigenvalue weighted by molar-refractivity contribution is -0.121. The summed E-state index contributed by atoms with van der Waals surface area (Å²) in [5.74, 6) is 0.256. The van der Waals surface area contributed by atoms with Gasteiger partial charge in [0.1, 0.15) is 0 Å². The lowest BCUT2D eigenvalue weighted by Gasteiger charge is -2.35. The number of thiazole rings is 1. The second-order valence-corrected chi connectivity index (χ2v) is 8.93. The predicted molar refractivity (Wildman–Crippen MR) is 118 cm³/mol. The average Bonchev–Trinajstić information content (AvgIpc) is 3.42. The first-order chi connectivity index (χ1) is 14.1. The first-order valence-electron chi connectivity index (χ1n) is 10.6. The zero-order valence-electron chi connectivity index (χ0n) is 17.3. The molecule has 3 heterocycles. The number of anilines is 2. The third-order valence-electron chi connectivity index (χ3n) is 6.18. The second kappa shape index (κ2) is 8.81. The summed E-state index contributed by atoms with van der Waals surface area (Å²) >= 11 is 1.68. The van der Waals surface area contributed by atoms with Crippen molar-refractivity contribution in [1.82, 2.24) is 9.88 Å². The molecule has 1 N–H and O–H groups in total. The third-order valence-corrected chi connectivity index (χ3v) is 7.01. The Labute approximate surface area is 176 Å². The number of aliphatic hydroxyl groups excluding tert-OH is 1. The Morgan fingerprint density at radius 2 is 2.03 bits per heavy atom. The molecule has 2 aromatic rings. The molecule has 1 amide bonds. The number of β-amino-alcohol motifs (C(OH)–C–C–N with tert-alkyl or cyclic N) is 1. The number of piperazine rings is 1. The molecule has 1 fully saturated rings. The fourth-order valence-corrected chi connectivity index (χ4v) is 4.84. The maximum Gasteiger partial charge on any atom is 0.229 e. The van der Waals surface area contributed by atoms with Crippen molar-refractivity contribution in [3.05, 3.63) is 40.9 Å². The van der Waals surface area contributed by atoms with Crippen LogP contribution in [-0.4, -0.2) is 60.2 Å². The van der Waals surface area contributed by atoms with Crippen LogP contribution in [0.1, 0.15) is 37.5 Å². The van der Waals surface area contributed by atoms with Crippen LogP contribution >= 0.6 is 11.3 Å². The third kappa shape index (κ3) is 4.32. The molecule has 2 aliphatic heterocycles. The van der Waals surface area contributed by atoms with Crippen LogP contribution in [0.3, 0.4) is 0 Å². The Balaban J connectivity index is 1.35. The first kappa shape index (κ1) is 20.3. The molecule has 0 aliphatic carbocycles. The minimum absolute atomic E-state index is 0.0502. The minimum Gasteiger partial charge on any atom is -0.387 e. The number of hydrogen-bond acceptors (Lipinski definition) is 6. The van der Waals surface area contributed by atoms with E-state index in [1.807, 2.05) is 35.5 Å². The summed E-state index contributed by atoms with van der Waals surface area (Å²) in [7, 11) is 0. The number of aliphatic hydroxyl groups is 1. The number of aromatic nitrogens is 1. The zero-order chi connectivity index (χ0) is 20.4. The van der Waals surface area contributed by atoms with Crippen LogP contribution in [-0.2, 0) is 11.2 Å². The molecule has 0 spiro atoms. The molecule has 29 heavy (non-hydrogen) atoms. The minimum atomic E-state index is -0.508. The van der Waals surface area contributed by atoms with Gasteiger partial charge in [0.25, 0.3) is 0 Å². The van der Waals surface area contributed by atoms with Gasteiger partial charge in [0, 0.05) is 62.5 Å². The molecule has 0 bridgehead atoms. The van der Waals surface area contributed by atoms with Gasteiger partial charge in [-0.25, -0.2) is 4.98 Å². The van der Waals surface area contributed by atoms with Gasteiger partial charge in [-0.1, -0.05) is 26.0 Å². The average molecular weight is 415 g/mol. The van der Waals surface area contributed by atoms with E-state index in [1.165, 1.54) is 5.56 Å². The fourth-order valence-electron chi connectivity index (χ4n) is 4.14. The van der Waals surface area contributed by atoms with Crippen LogP contribution in [0.15, 0.2) is 29.8 Å². The van der Waals surface area contributed by atoms with Crippen molar-refractivity contribution in [3.63, 3.8) is 0 Å². The van der Waals surface area contributed by atoms with E-state index in [-0.39, 0.29) is 11.8 Å². The maximum atomic E-state index is 12.6. The summed E-state index contributed by atoms with van der Waals surface area (Å²) in [5.41, 5.74) is 3.14. The van der Waals surface area contributed by atoms with Gasteiger partial charge in [-0.3, -0.25) is 9.69 Å². The number of amides is 1. The van der Waals surface area contributed by atoms with Crippen LogP contribution in [0.4, 0.5) is 10.8 Å². The monoisotopic (exact) mass is 414 g/mol. The Morgan fingerprint density at radius 3 is 2.72 bits per heavy atom. The van der Waals surface area contributed by atoms with E-state index >= 15 is 0 Å². The van der Waals surface area contributed by atoms with Gasteiger partial charge < -0.3 is 14.9 Å². The van der Waals surface area contributed by atoms with Crippen molar-refractivity contribution >= 4 is 28.1 Å². The molecule has 156 valence electrons. The van der Waals surface area contributed by atoms with Crippen LogP contribution < -0.4 is 9.80 Å². The normalized spacial score (nSPS) is 19.3. The number of nitrogens with zero attached hydrogens (tertiary/aromatic N) is 4. The van der Waals surface area contributed by atoms with Gasteiger partial charge >= 0.3 is 0 Å². The predicted octanol–water partition coefficient (Wildman–Crippen LogP) is 2.93. The number of hydrogen-bond donors (Lipinski definition) is 1. The van der Waals surface area contributed by atoms with Crippen molar-refractivity contribution in [2.45, 2.75) is 32.8 Å². The molecule has 2 aliphatic rings. The Bertz CT molecular complexity index is 833. The molecular formula is C22H30N4O2S. The molecule has 0 saturated carbocycles. The highest BCUT2D eigenvalue weighted by Crippen LogP contribution is 2.32. The summed E-state index contributed by atoms with van der Waals surface area (Å²) in [4.78, 5) is 23.5. The van der Waals surface area contributed by atoms with Crippen LogP contribution in [0, 0.1) is 5.92 Å². The van der Waals surface area contributed by atoms with E-state index in [9.17, 15) is 9.90 Å². The Kier molecular flexibility index (Phi) is 6.18. The van der Waals surface area contributed by atoms with Crippen molar-refractivity contribution in [2.24, 2.45) is 5.92 Å². The van der Waals surface area contributed by atoms with E-state index in [0.29, 0.717) is 6.54 Å². The highest BCUT2D eigenvalue weighted by atomic mass is 32.1. The topological polar surface area (TPSA) is 59.9 Å². The highest BCUT2D eigenvalue weighted by molar-refractivity contribution is 7.13. The van der Waals surface area contributed by atoms with Gasteiger partial charge in [0.05, 0.1) is 6.10 Å². The quantitative estimate of drug-likeness (QED) is 0.788. The van der Waals surface area contributed by atoms with Crippen molar-refractivity contribution < 1.29 is 9.90 Å². The fraction of sp³-hybridized carbons (Fsp3) is 0.545. The highest BCUT2D eigenvalue weighted by Gasteiger charge is 2.28. The van der Waals surface area contributed by atoms with E-state index in [0.717, 1.165) is 61.9 Å². The molecule has 0 radical (unpaired) electrons. The largest absolute Gasteiger partial charge is 0.387 e. The number of fused-ring (bicyclic) bond motifs is 1.